The number of thioether (sulfide) groups is 1. The number of rotatable bonds is 10. The van der Waals surface area contributed by atoms with E-state index >= 15 is 0 Å². The van der Waals surface area contributed by atoms with Gasteiger partial charge in [0, 0.05) is 17.9 Å². The van der Waals surface area contributed by atoms with Crippen LogP contribution in [0.5, 0.6) is 5.75 Å². The molecule has 0 unspecified atom stereocenters. The maximum absolute atomic E-state index is 13.1. The van der Waals surface area contributed by atoms with Gasteiger partial charge < -0.3 is 15.4 Å². The lowest BCUT2D eigenvalue weighted by Gasteiger charge is -2.13. The van der Waals surface area contributed by atoms with Gasteiger partial charge in [0.2, 0.25) is 5.91 Å². The van der Waals surface area contributed by atoms with Gasteiger partial charge in [0.1, 0.15) is 5.75 Å². The Labute approximate surface area is 216 Å². The zero-order chi connectivity index (χ0) is 26.3. The van der Waals surface area contributed by atoms with Crippen molar-refractivity contribution < 1.29 is 22.7 Å². The summed E-state index contributed by atoms with van der Waals surface area (Å²) in [6.07, 6.45) is -4.44. The summed E-state index contributed by atoms with van der Waals surface area (Å²) in [6.45, 7) is 0.526. The summed E-state index contributed by atoms with van der Waals surface area (Å²) in [5.41, 5.74) is 1.27. The van der Waals surface area contributed by atoms with Crippen LogP contribution >= 0.6 is 11.8 Å². The number of aromatic nitrogens is 3. The summed E-state index contributed by atoms with van der Waals surface area (Å²) < 4.78 is 46.2. The molecule has 3 aromatic carbocycles. The van der Waals surface area contributed by atoms with Gasteiger partial charge in [-0.1, -0.05) is 48.2 Å². The van der Waals surface area contributed by atoms with E-state index in [1.54, 1.807) is 29.9 Å². The average molecular weight is 528 g/mol. The number of hydrogen-bond acceptors (Lipinski definition) is 6. The van der Waals surface area contributed by atoms with Crippen molar-refractivity contribution in [2.45, 2.75) is 24.4 Å². The van der Waals surface area contributed by atoms with Crippen LogP contribution in [0, 0.1) is 0 Å². The number of ether oxygens (including phenoxy) is 1. The van der Waals surface area contributed by atoms with Crippen molar-refractivity contribution in [3.05, 3.63) is 95.8 Å². The molecule has 0 aliphatic heterocycles. The minimum Gasteiger partial charge on any atom is -0.497 e. The van der Waals surface area contributed by atoms with E-state index in [2.05, 4.69) is 20.8 Å². The third kappa shape index (κ3) is 7.04. The van der Waals surface area contributed by atoms with Crippen molar-refractivity contribution in [1.82, 2.24) is 20.1 Å². The molecule has 0 aliphatic rings. The highest BCUT2D eigenvalue weighted by molar-refractivity contribution is 7.99. The second kappa shape index (κ2) is 11.8. The van der Waals surface area contributed by atoms with Crippen LogP contribution in [0.25, 0.3) is 5.69 Å². The molecular formula is C26H24F3N5O2S. The van der Waals surface area contributed by atoms with E-state index in [9.17, 15) is 18.0 Å². The molecule has 0 atom stereocenters. The molecule has 0 aliphatic carbocycles. The molecule has 0 radical (unpaired) electrons. The topological polar surface area (TPSA) is 81.1 Å². The van der Waals surface area contributed by atoms with Crippen molar-refractivity contribution in [2.75, 3.05) is 18.2 Å². The third-order valence-corrected chi connectivity index (χ3v) is 6.27. The smallest absolute Gasteiger partial charge is 0.416 e. The number of amides is 1. The number of nitrogens with one attached hydrogen (secondary N) is 2. The number of halogens is 3. The zero-order valence-electron chi connectivity index (χ0n) is 19.8. The van der Waals surface area contributed by atoms with Gasteiger partial charge in [0.05, 0.1) is 25.0 Å². The molecule has 192 valence electrons. The maximum Gasteiger partial charge on any atom is 0.416 e. The minimum absolute atomic E-state index is 0.112. The van der Waals surface area contributed by atoms with Crippen LogP contribution in [0.2, 0.25) is 0 Å². The lowest BCUT2D eigenvalue weighted by Crippen LogP contribution is -2.24. The van der Waals surface area contributed by atoms with Gasteiger partial charge in [-0.05, 0) is 48.0 Å². The second-order valence-electron chi connectivity index (χ2n) is 7.92. The second-order valence-corrected chi connectivity index (χ2v) is 8.86. The van der Waals surface area contributed by atoms with Crippen LogP contribution in [0.4, 0.5) is 18.9 Å². The molecule has 0 spiro atoms. The summed E-state index contributed by atoms with van der Waals surface area (Å²) in [5.74, 6) is 1.08. The molecule has 4 aromatic rings. The highest BCUT2D eigenvalue weighted by Gasteiger charge is 2.30. The lowest BCUT2D eigenvalue weighted by atomic mass is 10.2. The number of carbonyl (C=O) groups excluding carboxylic acids is 1. The molecule has 7 nitrogen and oxygen atoms in total. The number of carbonyl (C=O) groups is 1. The van der Waals surface area contributed by atoms with E-state index < -0.39 is 11.7 Å². The first-order chi connectivity index (χ1) is 17.8. The predicted molar refractivity (Wildman–Crippen MR) is 136 cm³/mol. The van der Waals surface area contributed by atoms with Gasteiger partial charge in [0.15, 0.2) is 11.0 Å². The SMILES string of the molecule is COc1ccc(-n2c(CNc3cccc(C(F)(F)F)c3)nnc2SCC(=O)NCc2ccccc2)cc1. The molecule has 11 heteroatoms. The molecule has 1 amide bonds. The monoisotopic (exact) mass is 527 g/mol. The molecule has 2 N–H and O–H groups in total. The normalized spacial score (nSPS) is 11.2. The highest BCUT2D eigenvalue weighted by Crippen LogP contribution is 2.31. The van der Waals surface area contributed by atoms with E-state index in [0.29, 0.717) is 29.0 Å². The van der Waals surface area contributed by atoms with Gasteiger partial charge in [-0.3, -0.25) is 9.36 Å². The van der Waals surface area contributed by atoms with Crippen LogP contribution in [-0.2, 0) is 24.1 Å². The number of benzene rings is 3. The van der Waals surface area contributed by atoms with E-state index in [0.717, 1.165) is 23.4 Å². The first-order valence-electron chi connectivity index (χ1n) is 11.3. The largest absolute Gasteiger partial charge is 0.497 e. The fourth-order valence-electron chi connectivity index (χ4n) is 3.46. The van der Waals surface area contributed by atoms with E-state index in [4.69, 9.17) is 4.74 Å². The predicted octanol–water partition coefficient (Wildman–Crippen LogP) is 5.32. The van der Waals surface area contributed by atoms with Crippen LogP contribution in [-0.4, -0.2) is 33.5 Å². The van der Waals surface area contributed by atoms with Gasteiger partial charge in [-0.25, -0.2) is 0 Å². The van der Waals surface area contributed by atoms with Gasteiger partial charge in [-0.2, -0.15) is 13.2 Å². The highest BCUT2D eigenvalue weighted by atomic mass is 32.2. The molecule has 0 saturated heterocycles. The van der Waals surface area contributed by atoms with Crippen LogP contribution in [0.15, 0.2) is 84.0 Å². The number of anilines is 1. The first-order valence-corrected chi connectivity index (χ1v) is 12.3. The minimum atomic E-state index is -4.44. The number of hydrogen-bond donors (Lipinski definition) is 2. The Morgan fingerprint density at radius 2 is 1.73 bits per heavy atom. The average Bonchev–Trinajstić information content (AvgIpc) is 3.32. The van der Waals surface area contributed by atoms with Crippen molar-refractivity contribution in [2.24, 2.45) is 0 Å². The quantitative estimate of drug-likeness (QED) is 0.272. The lowest BCUT2D eigenvalue weighted by molar-refractivity contribution is -0.137. The molecule has 1 heterocycles. The van der Waals surface area contributed by atoms with Crippen LogP contribution < -0.4 is 15.4 Å². The summed E-state index contributed by atoms with van der Waals surface area (Å²) in [7, 11) is 1.56. The van der Waals surface area contributed by atoms with E-state index in [-0.39, 0.29) is 18.2 Å². The Balaban J connectivity index is 1.49. The van der Waals surface area contributed by atoms with Gasteiger partial charge in [0.25, 0.3) is 0 Å². The molecule has 1 aromatic heterocycles. The molecule has 0 bridgehead atoms. The van der Waals surface area contributed by atoms with E-state index in [1.165, 1.54) is 17.8 Å². The van der Waals surface area contributed by atoms with Crippen LogP contribution in [0.1, 0.15) is 17.0 Å². The number of methoxy groups -OCH3 is 1. The van der Waals surface area contributed by atoms with Gasteiger partial charge in [-0.15, -0.1) is 10.2 Å². The third-order valence-electron chi connectivity index (χ3n) is 5.34. The van der Waals surface area contributed by atoms with Crippen molar-refractivity contribution >= 4 is 23.4 Å². The summed E-state index contributed by atoms with van der Waals surface area (Å²) in [5, 5.41) is 14.8. The standard InChI is InChI=1S/C26H24F3N5O2S/c1-36-22-12-10-21(11-13-22)34-23(16-30-20-9-5-8-19(14-20)26(27,28)29)32-33-25(34)37-17-24(35)31-15-18-6-3-2-4-7-18/h2-14,30H,15-17H2,1H3,(H,31,35). The molecule has 37 heavy (non-hydrogen) atoms. The Kier molecular flexibility index (Phi) is 8.34. The molecule has 4 rings (SSSR count). The summed E-state index contributed by atoms with van der Waals surface area (Å²) in [6, 6.07) is 21.7. The van der Waals surface area contributed by atoms with E-state index in [1.807, 2.05) is 42.5 Å². The number of alkyl halides is 3. The Hall–Kier alpha value is -3.99. The summed E-state index contributed by atoms with van der Waals surface area (Å²) >= 11 is 1.21. The Bertz CT molecular complexity index is 1330. The number of nitrogens with zero attached hydrogens (tertiary/aromatic N) is 3. The van der Waals surface area contributed by atoms with Gasteiger partial charge >= 0.3 is 6.18 Å². The Morgan fingerprint density at radius 3 is 2.43 bits per heavy atom. The fourth-order valence-corrected chi connectivity index (χ4v) is 4.26. The van der Waals surface area contributed by atoms with Crippen molar-refractivity contribution in [1.29, 1.82) is 0 Å². The Morgan fingerprint density at radius 1 is 0.973 bits per heavy atom. The van der Waals surface area contributed by atoms with Crippen molar-refractivity contribution in [3.8, 4) is 11.4 Å². The first kappa shape index (κ1) is 26.1. The fraction of sp³-hybridized carbons (Fsp3) is 0.192. The molecule has 0 fully saturated rings. The maximum atomic E-state index is 13.1. The molecular weight excluding hydrogens is 503 g/mol. The summed E-state index contributed by atoms with van der Waals surface area (Å²) in [4.78, 5) is 12.4. The molecule has 0 saturated carbocycles. The van der Waals surface area contributed by atoms with Crippen LogP contribution in [0.3, 0.4) is 0 Å². The van der Waals surface area contributed by atoms with Crippen molar-refractivity contribution in [3.63, 3.8) is 0 Å². The zero-order valence-corrected chi connectivity index (χ0v) is 20.6.